The monoisotopic (exact) mass is 311 g/mol. The second-order valence-electron chi connectivity index (χ2n) is 4.43. The van der Waals surface area contributed by atoms with E-state index in [9.17, 15) is 0 Å². The molecule has 1 aliphatic heterocycles. The van der Waals surface area contributed by atoms with E-state index in [2.05, 4.69) is 43.8 Å². The van der Waals surface area contributed by atoms with Gasteiger partial charge in [0.25, 0.3) is 0 Å². The number of hydrogen-bond donors (Lipinski definition) is 0. The lowest BCUT2D eigenvalue weighted by Crippen LogP contribution is -2.34. The van der Waals surface area contributed by atoms with Gasteiger partial charge in [-0.2, -0.15) is 0 Å². The Balaban J connectivity index is 1.99. The Morgan fingerprint density at radius 2 is 2.12 bits per heavy atom. The van der Waals surface area contributed by atoms with Gasteiger partial charge in [-0.05, 0) is 25.8 Å². The lowest BCUT2D eigenvalue weighted by atomic mass is 10.1. The predicted molar refractivity (Wildman–Crippen MR) is 76.3 cm³/mol. The highest BCUT2D eigenvalue weighted by molar-refractivity contribution is 9.09. The number of alkyl halides is 1. The molecule has 0 aliphatic carbocycles. The molecule has 0 unspecified atom stereocenters. The molecule has 90 valence electrons. The van der Waals surface area contributed by atoms with Crippen LogP contribution in [0.1, 0.15) is 17.7 Å². The van der Waals surface area contributed by atoms with Gasteiger partial charge in [-0.25, -0.2) is 9.97 Å². The number of piperidine rings is 1. The molecule has 1 fully saturated rings. The molecule has 0 spiro atoms. The zero-order valence-corrected chi connectivity index (χ0v) is 12.1. The molecular formula is C12H14BrN3S. The Bertz CT molecular complexity index is 532. The lowest BCUT2D eigenvalue weighted by molar-refractivity contribution is 0.594. The van der Waals surface area contributed by atoms with Crippen molar-refractivity contribution in [2.24, 2.45) is 0 Å². The Morgan fingerprint density at radius 1 is 1.35 bits per heavy atom. The summed E-state index contributed by atoms with van der Waals surface area (Å²) in [5, 5.41) is 1.21. The molecular weight excluding hydrogens is 298 g/mol. The normalized spacial score (nSPS) is 17.9. The summed E-state index contributed by atoms with van der Waals surface area (Å²) < 4.78 is 0. The van der Waals surface area contributed by atoms with Gasteiger partial charge in [0.1, 0.15) is 17.0 Å². The summed E-state index contributed by atoms with van der Waals surface area (Å²) in [5.74, 6) is 1.11. The van der Waals surface area contributed by atoms with E-state index in [0.29, 0.717) is 4.83 Å². The number of aryl methyl sites for hydroxylation is 1. The number of rotatable bonds is 1. The summed E-state index contributed by atoms with van der Waals surface area (Å²) >= 11 is 5.43. The summed E-state index contributed by atoms with van der Waals surface area (Å²) in [5.41, 5.74) is 0. The van der Waals surface area contributed by atoms with E-state index in [0.717, 1.165) is 23.7 Å². The maximum Gasteiger partial charge on any atom is 0.140 e. The van der Waals surface area contributed by atoms with Crippen molar-refractivity contribution >= 4 is 43.3 Å². The topological polar surface area (TPSA) is 29.0 Å². The minimum Gasteiger partial charge on any atom is -0.356 e. The van der Waals surface area contributed by atoms with Gasteiger partial charge in [0, 0.05) is 22.8 Å². The Kier molecular flexibility index (Phi) is 3.04. The van der Waals surface area contributed by atoms with Crippen molar-refractivity contribution in [1.82, 2.24) is 9.97 Å². The van der Waals surface area contributed by atoms with Gasteiger partial charge in [-0.3, -0.25) is 0 Å². The first kappa shape index (κ1) is 11.4. The van der Waals surface area contributed by atoms with Gasteiger partial charge in [0.2, 0.25) is 0 Å². The predicted octanol–water partition coefficient (Wildman–Crippen LogP) is 3.36. The van der Waals surface area contributed by atoms with Crippen molar-refractivity contribution in [3.63, 3.8) is 0 Å². The lowest BCUT2D eigenvalue weighted by Gasteiger charge is -2.30. The third-order valence-corrected chi connectivity index (χ3v) is 5.03. The van der Waals surface area contributed by atoms with Crippen LogP contribution >= 0.6 is 27.3 Å². The fourth-order valence-electron chi connectivity index (χ4n) is 2.28. The van der Waals surface area contributed by atoms with Crippen molar-refractivity contribution in [3.05, 3.63) is 17.3 Å². The van der Waals surface area contributed by atoms with Crippen LogP contribution in [0.5, 0.6) is 0 Å². The molecule has 0 saturated carbocycles. The second kappa shape index (κ2) is 4.53. The molecule has 2 aromatic rings. The molecule has 3 rings (SSSR count). The van der Waals surface area contributed by atoms with Crippen molar-refractivity contribution in [1.29, 1.82) is 0 Å². The molecule has 0 bridgehead atoms. The van der Waals surface area contributed by atoms with Gasteiger partial charge in [0.05, 0.1) is 5.39 Å². The molecule has 5 heteroatoms. The first-order valence-corrected chi connectivity index (χ1v) is 7.57. The molecule has 3 nitrogen and oxygen atoms in total. The largest absolute Gasteiger partial charge is 0.356 e. The summed E-state index contributed by atoms with van der Waals surface area (Å²) in [4.78, 5) is 14.3. The number of nitrogens with zero attached hydrogens (tertiary/aromatic N) is 3. The standard InChI is InChI=1S/C12H14BrN3S/c1-8-6-10-11(14-7-15-12(10)17-8)16-4-2-9(13)3-5-16/h6-7,9H,2-5H2,1H3. The molecule has 0 amide bonds. The van der Waals surface area contributed by atoms with Gasteiger partial charge in [0.15, 0.2) is 0 Å². The van der Waals surface area contributed by atoms with E-state index < -0.39 is 0 Å². The highest BCUT2D eigenvalue weighted by atomic mass is 79.9. The molecule has 0 N–H and O–H groups in total. The molecule has 0 radical (unpaired) electrons. The average molecular weight is 312 g/mol. The fraction of sp³-hybridized carbons (Fsp3) is 0.500. The SMILES string of the molecule is Cc1cc2c(N3CCC(Br)CC3)ncnc2s1. The van der Waals surface area contributed by atoms with Crippen LogP contribution in [0.15, 0.2) is 12.4 Å². The number of aromatic nitrogens is 2. The van der Waals surface area contributed by atoms with Crippen LogP contribution in [0.25, 0.3) is 10.2 Å². The van der Waals surface area contributed by atoms with E-state index >= 15 is 0 Å². The van der Waals surface area contributed by atoms with Gasteiger partial charge in [-0.1, -0.05) is 15.9 Å². The third kappa shape index (κ3) is 2.18. The minimum atomic E-state index is 0.667. The van der Waals surface area contributed by atoms with Crippen molar-refractivity contribution in [2.45, 2.75) is 24.6 Å². The van der Waals surface area contributed by atoms with E-state index in [-0.39, 0.29) is 0 Å². The molecule has 0 aromatic carbocycles. The maximum atomic E-state index is 4.48. The van der Waals surface area contributed by atoms with Gasteiger partial charge >= 0.3 is 0 Å². The quantitative estimate of drug-likeness (QED) is 0.756. The smallest absolute Gasteiger partial charge is 0.140 e. The zero-order chi connectivity index (χ0) is 11.8. The van der Waals surface area contributed by atoms with Crippen LogP contribution in [0.4, 0.5) is 5.82 Å². The number of thiophene rings is 1. The van der Waals surface area contributed by atoms with E-state index in [1.165, 1.54) is 23.1 Å². The zero-order valence-electron chi connectivity index (χ0n) is 9.69. The van der Waals surface area contributed by atoms with E-state index in [4.69, 9.17) is 0 Å². The molecule has 17 heavy (non-hydrogen) atoms. The molecule has 3 heterocycles. The van der Waals surface area contributed by atoms with Crippen molar-refractivity contribution < 1.29 is 0 Å². The summed E-state index contributed by atoms with van der Waals surface area (Å²) in [7, 11) is 0. The van der Waals surface area contributed by atoms with Crippen LogP contribution in [-0.4, -0.2) is 27.9 Å². The fourth-order valence-corrected chi connectivity index (χ4v) is 3.53. The number of fused-ring (bicyclic) bond motifs is 1. The first-order chi connectivity index (χ1) is 8.24. The molecule has 1 aliphatic rings. The number of halogens is 1. The highest BCUT2D eigenvalue weighted by Crippen LogP contribution is 2.31. The summed E-state index contributed by atoms with van der Waals surface area (Å²) in [6, 6.07) is 2.20. The van der Waals surface area contributed by atoms with Crippen LogP contribution < -0.4 is 4.90 Å². The number of anilines is 1. The minimum absolute atomic E-state index is 0.667. The summed E-state index contributed by atoms with van der Waals surface area (Å²) in [6.45, 7) is 4.29. The Morgan fingerprint density at radius 3 is 2.88 bits per heavy atom. The first-order valence-electron chi connectivity index (χ1n) is 5.84. The molecule has 2 aromatic heterocycles. The van der Waals surface area contributed by atoms with Crippen LogP contribution in [0.3, 0.4) is 0 Å². The Hall–Kier alpha value is -0.680. The number of hydrogen-bond acceptors (Lipinski definition) is 4. The van der Waals surface area contributed by atoms with Gasteiger partial charge < -0.3 is 4.90 Å². The Labute approximate surface area is 113 Å². The van der Waals surface area contributed by atoms with Crippen molar-refractivity contribution in [3.8, 4) is 0 Å². The van der Waals surface area contributed by atoms with Crippen LogP contribution in [0, 0.1) is 6.92 Å². The van der Waals surface area contributed by atoms with Crippen molar-refractivity contribution in [2.75, 3.05) is 18.0 Å². The average Bonchev–Trinajstić information content (AvgIpc) is 2.70. The molecule has 0 atom stereocenters. The van der Waals surface area contributed by atoms with E-state index in [1.807, 2.05) is 0 Å². The maximum absolute atomic E-state index is 4.48. The summed E-state index contributed by atoms with van der Waals surface area (Å²) in [6.07, 6.45) is 4.07. The second-order valence-corrected chi connectivity index (χ2v) is 6.96. The van der Waals surface area contributed by atoms with E-state index in [1.54, 1.807) is 17.7 Å². The van der Waals surface area contributed by atoms with Crippen LogP contribution in [0.2, 0.25) is 0 Å². The highest BCUT2D eigenvalue weighted by Gasteiger charge is 2.20. The van der Waals surface area contributed by atoms with Gasteiger partial charge in [-0.15, -0.1) is 11.3 Å². The third-order valence-electron chi connectivity index (χ3n) is 3.16. The molecule has 1 saturated heterocycles. The van der Waals surface area contributed by atoms with Crippen LogP contribution in [-0.2, 0) is 0 Å².